The second kappa shape index (κ2) is 8.66. The van der Waals surface area contributed by atoms with Crippen LogP contribution >= 0.6 is 11.3 Å². The molecule has 1 unspecified atom stereocenters. The lowest BCUT2D eigenvalue weighted by molar-refractivity contribution is 0.510. The van der Waals surface area contributed by atoms with Crippen molar-refractivity contribution in [2.75, 3.05) is 0 Å². The minimum absolute atomic E-state index is 0.0978. The minimum atomic E-state index is 0.0978. The van der Waals surface area contributed by atoms with E-state index in [9.17, 15) is 0 Å². The summed E-state index contributed by atoms with van der Waals surface area (Å²) < 4.78 is 1.33. The van der Waals surface area contributed by atoms with Gasteiger partial charge in [-0.15, -0.1) is 11.3 Å². The van der Waals surface area contributed by atoms with Gasteiger partial charge in [-0.05, 0) is 39.9 Å². The molecular formula is C26H23N3S. The number of aromatic nitrogens is 2. The number of hydrogen-bond acceptors (Lipinski definition) is 3. The molecule has 0 aliphatic rings. The minimum Gasteiger partial charge on any atom is -0.341 e. The first-order valence-electron chi connectivity index (χ1n) is 10.2. The fourth-order valence-electron chi connectivity index (χ4n) is 3.79. The number of hydrogen-bond donors (Lipinski definition) is 2. The Morgan fingerprint density at radius 2 is 1.60 bits per heavy atom. The zero-order chi connectivity index (χ0) is 20.2. The highest BCUT2D eigenvalue weighted by Crippen LogP contribution is 2.30. The summed E-state index contributed by atoms with van der Waals surface area (Å²) in [6.45, 7) is 0.801. The van der Waals surface area contributed by atoms with Crippen LogP contribution in [0.3, 0.4) is 0 Å². The maximum atomic E-state index is 4.75. The summed E-state index contributed by atoms with van der Waals surface area (Å²) in [7, 11) is 0. The molecular weight excluding hydrogens is 386 g/mol. The number of H-pyrrole nitrogens is 1. The van der Waals surface area contributed by atoms with Gasteiger partial charge in [0, 0.05) is 11.2 Å². The summed E-state index contributed by atoms with van der Waals surface area (Å²) in [5.41, 5.74) is 4.83. The van der Waals surface area contributed by atoms with Gasteiger partial charge in [-0.25, -0.2) is 4.98 Å². The normalized spacial score (nSPS) is 12.3. The van der Waals surface area contributed by atoms with Gasteiger partial charge in [0.25, 0.3) is 0 Å². The average molecular weight is 410 g/mol. The van der Waals surface area contributed by atoms with Gasteiger partial charge in [-0.2, -0.15) is 0 Å². The number of imidazole rings is 1. The Morgan fingerprint density at radius 1 is 0.867 bits per heavy atom. The van der Waals surface area contributed by atoms with Gasteiger partial charge in [0.05, 0.1) is 17.9 Å². The van der Waals surface area contributed by atoms with Gasteiger partial charge in [-0.1, -0.05) is 78.9 Å². The Hall–Kier alpha value is -3.21. The number of fused-ring (bicyclic) bond motifs is 1. The molecule has 0 bridgehead atoms. The first-order chi connectivity index (χ1) is 14.9. The van der Waals surface area contributed by atoms with Crippen LogP contribution in [-0.4, -0.2) is 9.97 Å². The van der Waals surface area contributed by atoms with Crippen molar-refractivity contribution in [2.45, 2.75) is 19.0 Å². The van der Waals surface area contributed by atoms with E-state index in [4.69, 9.17) is 4.98 Å². The van der Waals surface area contributed by atoms with Crippen molar-refractivity contribution in [1.29, 1.82) is 0 Å². The second-order valence-corrected chi connectivity index (χ2v) is 8.34. The van der Waals surface area contributed by atoms with Crippen molar-refractivity contribution in [3.63, 3.8) is 0 Å². The molecule has 0 spiro atoms. The topological polar surface area (TPSA) is 40.7 Å². The summed E-state index contributed by atoms with van der Waals surface area (Å²) in [6, 6.07) is 29.6. The van der Waals surface area contributed by atoms with Gasteiger partial charge >= 0.3 is 0 Å². The number of thiophene rings is 1. The summed E-state index contributed by atoms with van der Waals surface area (Å²) in [6.07, 6.45) is 2.83. The van der Waals surface area contributed by atoms with Gasteiger partial charge < -0.3 is 10.3 Å². The third-order valence-electron chi connectivity index (χ3n) is 5.39. The van der Waals surface area contributed by atoms with Gasteiger partial charge in [0.2, 0.25) is 0 Å². The number of benzene rings is 3. The average Bonchev–Trinajstić information content (AvgIpc) is 3.46. The maximum Gasteiger partial charge on any atom is 0.124 e. The fourth-order valence-corrected chi connectivity index (χ4v) is 4.77. The van der Waals surface area contributed by atoms with E-state index in [0.29, 0.717) is 0 Å². The number of nitrogens with zero attached hydrogens (tertiary/aromatic N) is 1. The number of nitrogens with one attached hydrogen (secondary N) is 2. The predicted molar refractivity (Wildman–Crippen MR) is 126 cm³/mol. The number of aromatic amines is 1. The molecule has 0 radical (unpaired) electrons. The van der Waals surface area contributed by atoms with Crippen molar-refractivity contribution in [2.24, 2.45) is 0 Å². The quantitative estimate of drug-likeness (QED) is 0.328. The molecule has 2 N–H and O–H groups in total. The lowest BCUT2D eigenvalue weighted by atomic mass is 10.0. The molecule has 0 amide bonds. The van der Waals surface area contributed by atoms with Crippen molar-refractivity contribution in [3.8, 4) is 11.3 Å². The van der Waals surface area contributed by atoms with Gasteiger partial charge in [0.15, 0.2) is 0 Å². The Labute approximate surface area is 180 Å². The lowest BCUT2D eigenvalue weighted by Crippen LogP contribution is -2.24. The molecule has 0 aliphatic heterocycles. The Kier molecular flexibility index (Phi) is 5.42. The summed E-state index contributed by atoms with van der Waals surface area (Å²) >= 11 is 1.81. The molecule has 30 heavy (non-hydrogen) atoms. The van der Waals surface area contributed by atoms with Crippen LogP contribution in [0.5, 0.6) is 0 Å². The van der Waals surface area contributed by atoms with Crippen LogP contribution in [0.15, 0.2) is 96.5 Å². The largest absolute Gasteiger partial charge is 0.341 e. The molecule has 0 fully saturated rings. The van der Waals surface area contributed by atoms with Crippen molar-refractivity contribution >= 4 is 21.4 Å². The molecule has 4 heteroatoms. The van der Waals surface area contributed by atoms with E-state index >= 15 is 0 Å². The highest BCUT2D eigenvalue weighted by Gasteiger charge is 2.18. The molecule has 1 atom stereocenters. The molecule has 5 rings (SSSR count). The van der Waals surface area contributed by atoms with E-state index in [1.165, 1.54) is 21.2 Å². The van der Waals surface area contributed by atoms with E-state index in [1.807, 2.05) is 23.6 Å². The zero-order valence-corrected chi connectivity index (χ0v) is 17.4. The van der Waals surface area contributed by atoms with Crippen molar-refractivity contribution in [1.82, 2.24) is 15.3 Å². The van der Waals surface area contributed by atoms with E-state index in [-0.39, 0.29) is 6.04 Å². The third kappa shape index (κ3) is 4.06. The van der Waals surface area contributed by atoms with Gasteiger partial charge in [0.1, 0.15) is 5.82 Å². The Morgan fingerprint density at radius 3 is 2.43 bits per heavy atom. The first kappa shape index (κ1) is 18.8. The van der Waals surface area contributed by atoms with Crippen LogP contribution in [0.1, 0.15) is 23.0 Å². The van der Waals surface area contributed by atoms with Crippen LogP contribution in [0.25, 0.3) is 21.3 Å². The molecule has 0 saturated carbocycles. The van der Waals surface area contributed by atoms with E-state index in [1.54, 1.807) is 0 Å². The molecule has 148 valence electrons. The van der Waals surface area contributed by atoms with E-state index < -0.39 is 0 Å². The molecule has 3 aromatic carbocycles. The lowest BCUT2D eigenvalue weighted by Gasteiger charge is -2.17. The molecule has 5 aromatic rings. The molecule has 0 aliphatic carbocycles. The first-order valence-corrected chi connectivity index (χ1v) is 11.1. The Balaban J connectivity index is 1.44. The number of rotatable bonds is 7. The fraction of sp³-hybridized carbons (Fsp3) is 0.115. The smallest absolute Gasteiger partial charge is 0.124 e. The molecule has 0 saturated heterocycles. The molecule has 2 aromatic heterocycles. The maximum absolute atomic E-state index is 4.75. The SMILES string of the molecule is c1ccc(CNC(Cc2csc3ccccc23)c2ncc(-c3ccccc3)[nH]2)cc1. The summed E-state index contributed by atoms with van der Waals surface area (Å²) in [5, 5.41) is 7.35. The van der Waals surface area contributed by atoms with Crippen molar-refractivity contribution < 1.29 is 0 Å². The highest BCUT2D eigenvalue weighted by atomic mass is 32.1. The van der Waals surface area contributed by atoms with Gasteiger partial charge in [-0.3, -0.25) is 0 Å². The van der Waals surface area contributed by atoms with Crippen LogP contribution in [0.2, 0.25) is 0 Å². The zero-order valence-electron chi connectivity index (χ0n) is 16.6. The van der Waals surface area contributed by atoms with Crippen LogP contribution < -0.4 is 5.32 Å². The Bertz CT molecular complexity index is 1220. The molecule has 2 heterocycles. The van der Waals surface area contributed by atoms with Crippen LogP contribution in [0, 0.1) is 0 Å². The monoisotopic (exact) mass is 409 g/mol. The van der Waals surface area contributed by atoms with Crippen LogP contribution in [0.4, 0.5) is 0 Å². The van der Waals surface area contributed by atoms with E-state index in [0.717, 1.165) is 30.0 Å². The second-order valence-electron chi connectivity index (χ2n) is 7.43. The standard InChI is InChI=1S/C26H23N3S/c1-3-9-19(10-4-1)16-27-23(15-21-18-30-25-14-8-7-13-22(21)25)26-28-17-24(29-26)20-11-5-2-6-12-20/h1-14,17-18,23,27H,15-16H2,(H,28,29). The summed E-state index contributed by atoms with van der Waals surface area (Å²) in [5.74, 6) is 0.972. The van der Waals surface area contributed by atoms with Crippen molar-refractivity contribution in [3.05, 3.63) is 113 Å². The van der Waals surface area contributed by atoms with E-state index in [2.05, 4.69) is 94.5 Å². The third-order valence-corrected chi connectivity index (χ3v) is 6.40. The van der Waals surface area contributed by atoms with Crippen LogP contribution in [-0.2, 0) is 13.0 Å². The highest BCUT2D eigenvalue weighted by molar-refractivity contribution is 7.17. The molecule has 3 nitrogen and oxygen atoms in total. The predicted octanol–water partition coefficient (Wildman–Crippen LogP) is 6.37. The summed E-state index contributed by atoms with van der Waals surface area (Å²) in [4.78, 5) is 8.31.